The minimum Gasteiger partial charge on any atom is -0.361 e. The lowest BCUT2D eigenvalue weighted by atomic mass is 10.1. The van der Waals surface area contributed by atoms with Gasteiger partial charge in [0.1, 0.15) is 5.76 Å². The average Bonchev–Trinajstić information content (AvgIpc) is 2.77. The molecule has 0 radical (unpaired) electrons. The van der Waals surface area contributed by atoms with Gasteiger partial charge < -0.3 is 9.84 Å². The highest BCUT2D eigenvalue weighted by molar-refractivity contribution is 6.31. The van der Waals surface area contributed by atoms with E-state index >= 15 is 0 Å². The molecule has 4 nitrogen and oxygen atoms in total. The summed E-state index contributed by atoms with van der Waals surface area (Å²) in [4.78, 5) is 0. The fourth-order valence-electron chi connectivity index (χ4n) is 1.59. The minimum absolute atomic E-state index is 0.566. The van der Waals surface area contributed by atoms with E-state index in [2.05, 4.69) is 16.5 Å². The van der Waals surface area contributed by atoms with Crippen molar-refractivity contribution in [2.75, 3.05) is 0 Å². The van der Waals surface area contributed by atoms with Crippen LogP contribution in [0.2, 0.25) is 5.02 Å². The molecule has 0 fully saturated rings. The number of aromatic nitrogens is 1. The Hall–Kier alpha value is -1.83. The number of aryl methyl sites for hydroxylation is 1. The summed E-state index contributed by atoms with van der Waals surface area (Å²) in [6, 6.07) is 9.20. The zero-order chi connectivity index (χ0) is 13.0. The first-order valence-corrected chi connectivity index (χ1v) is 5.88. The summed E-state index contributed by atoms with van der Waals surface area (Å²) >= 11 is 6.07. The predicted molar refractivity (Wildman–Crippen MR) is 68.0 cm³/mol. The van der Waals surface area contributed by atoms with Crippen LogP contribution in [0, 0.1) is 18.3 Å². The largest absolute Gasteiger partial charge is 0.361 e. The summed E-state index contributed by atoms with van der Waals surface area (Å²) in [5.41, 5.74) is 2.38. The highest BCUT2D eigenvalue weighted by atomic mass is 35.5. The molecule has 0 aliphatic rings. The molecule has 5 heteroatoms. The number of halogens is 1. The normalized spacial score (nSPS) is 10.3. The third kappa shape index (κ3) is 3.10. The van der Waals surface area contributed by atoms with Gasteiger partial charge >= 0.3 is 0 Å². The van der Waals surface area contributed by atoms with E-state index in [-0.39, 0.29) is 0 Å². The zero-order valence-corrected chi connectivity index (χ0v) is 10.7. The topological polar surface area (TPSA) is 61.9 Å². The van der Waals surface area contributed by atoms with Gasteiger partial charge in [0.2, 0.25) is 0 Å². The van der Waals surface area contributed by atoms with Crippen LogP contribution in [0.4, 0.5) is 0 Å². The lowest BCUT2D eigenvalue weighted by Crippen LogP contribution is -2.13. The Labute approximate surface area is 110 Å². The fourth-order valence-corrected chi connectivity index (χ4v) is 1.83. The Morgan fingerprint density at radius 3 is 2.83 bits per heavy atom. The average molecular weight is 262 g/mol. The van der Waals surface area contributed by atoms with Crippen LogP contribution >= 0.6 is 11.6 Å². The lowest BCUT2D eigenvalue weighted by Gasteiger charge is -2.05. The lowest BCUT2D eigenvalue weighted by molar-refractivity contribution is 0.388. The fraction of sp³-hybridized carbons (Fsp3) is 0.231. The van der Waals surface area contributed by atoms with E-state index in [9.17, 15) is 0 Å². The standard InChI is InChI=1S/C13H12ClN3O/c1-9-4-12(17-18-9)8-16-7-11-3-2-10(6-15)5-13(11)14/h2-5,16H,7-8H2,1H3. The number of nitriles is 1. The van der Waals surface area contributed by atoms with Crippen molar-refractivity contribution in [3.05, 3.63) is 51.9 Å². The molecular formula is C13H12ClN3O. The van der Waals surface area contributed by atoms with Gasteiger partial charge in [0.05, 0.1) is 17.3 Å². The summed E-state index contributed by atoms with van der Waals surface area (Å²) in [6.07, 6.45) is 0. The van der Waals surface area contributed by atoms with E-state index in [0.29, 0.717) is 23.7 Å². The van der Waals surface area contributed by atoms with Gasteiger partial charge in [-0.2, -0.15) is 5.26 Å². The van der Waals surface area contributed by atoms with Crippen molar-refractivity contribution in [2.45, 2.75) is 20.0 Å². The van der Waals surface area contributed by atoms with Crippen LogP contribution in [0.5, 0.6) is 0 Å². The van der Waals surface area contributed by atoms with E-state index in [1.54, 1.807) is 12.1 Å². The Morgan fingerprint density at radius 1 is 1.39 bits per heavy atom. The molecule has 2 aromatic rings. The Morgan fingerprint density at radius 2 is 2.22 bits per heavy atom. The SMILES string of the molecule is Cc1cc(CNCc2ccc(C#N)cc2Cl)no1. The van der Waals surface area contributed by atoms with Crippen molar-refractivity contribution < 1.29 is 4.52 Å². The first-order chi connectivity index (χ1) is 8.69. The van der Waals surface area contributed by atoms with Gasteiger partial charge in [-0.25, -0.2) is 0 Å². The highest BCUT2D eigenvalue weighted by Gasteiger charge is 2.03. The van der Waals surface area contributed by atoms with Crippen LogP contribution in [-0.4, -0.2) is 5.16 Å². The number of rotatable bonds is 4. The zero-order valence-electron chi connectivity index (χ0n) is 9.90. The molecule has 0 saturated heterocycles. The van der Waals surface area contributed by atoms with Gasteiger partial charge in [0, 0.05) is 24.2 Å². The van der Waals surface area contributed by atoms with Crippen molar-refractivity contribution in [3.8, 4) is 6.07 Å². The van der Waals surface area contributed by atoms with Gasteiger partial charge in [0.15, 0.2) is 0 Å². The molecular weight excluding hydrogens is 250 g/mol. The van der Waals surface area contributed by atoms with Crippen LogP contribution in [0.3, 0.4) is 0 Å². The molecule has 0 spiro atoms. The maximum atomic E-state index is 8.74. The molecule has 1 heterocycles. The summed E-state index contributed by atoms with van der Waals surface area (Å²) < 4.78 is 4.97. The maximum absolute atomic E-state index is 8.74. The number of nitrogens with zero attached hydrogens (tertiary/aromatic N) is 2. The quantitative estimate of drug-likeness (QED) is 0.919. The van der Waals surface area contributed by atoms with E-state index in [0.717, 1.165) is 17.0 Å². The predicted octanol–water partition coefficient (Wildman–Crippen LogP) is 2.80. The van der Waals surface area contributed by atoms with Crippen LogP contribution < -0.4 is 5.32 Å². The monoisotopic (exact) mass is 261 g/mol. The van der Waals surface area contributed by atoms with E-state index < -0.39 is 0 Å². The molecule has 18 heavy (non-hydrogen) atoms. The minimum atomic E-state index is 0.566. The van der Waals surface area contributed by atoms with Crippen molar-refractivity contribution in [1.29, 1.82) is 5.26 Å². The molecule has 0 unspecified atom stereocenters. The Bertz CT molecular complexity index is 586. The summed E-state index contributed by atoms with van der Waals surface area (Å²) in [5.74, 6) is 0.795. The second-order valence-electron chi connectivity index (χ2n) is 3.95. The molecule has 1 N–H and O–H groups in total. The smallest absolute Gasteiger partial charge is 0.133 e. The van der Waals surface area contributed by atoms with Gasteiger partial charge in [0.25, 0.3) is 0 Å². The molecule has 0 saturated carbocycles. The molecule has 1 aromatic heterocycles. The molecule has 2 rings (SSSR count). The maximum Gasteiger partial charge on any atom is 0.133 e. The first-order valence-electron chi connectivity index (χ1n) is 5.50. The van der Waals surface area contributed by atoms with E-state index in [1.807, 2.05) is 19.1 Å². The Kier molecular flexibility index (Phi) is 3.98. The third-order valence-electron chi connectivity index (χ3n) is 2.48. The number of nitrogens with one attached hydrogen (secondary N) is 1. The van der Waals surface area contributed by atoms with Crippen molar-refractivity contribution in [2.24, 2.45) is 0 Å². The van der Waals surface area contributed by atoms with Crippen LogP contribution in [0.15, 0.2) is 28.8 Å². The molecule has 0 amide bonds. The highest BCUT2D eigenvalue weighted by Crippen LogP contribution is 2.17. The van der Waals surface area contributed by atoms with Crippen molar-refractivity contribution in [1.82, 2.24) is 10.5 Å². The van der Waals surface area contributed by atoms with Crippen LogP contribution in [0.1, 0.15) is 22.6 Å². The molecule has 0 bridgehead atoms. The van der Waals surface area contributed by atoms with Crippen LogP contribution in [-0.2, 0) is 13.1 Å². The Balaban J connectivity index is 1.92. The summed E-state index contributed by atoms with van der Waals surface area (Å²) in [7, 11) is 0. The van der Waals surface area contributed by atoms with Crippen LogP contribution in [0.25, 0.3) is 0 Å². The summed E-state index contributed by atoms with van der Waals surface area (Å²) in [6.45, 7) is 3.10. The van der Waals surface area contributed by atoms with Gasteiger partial charge in [-0.1, -0.05) is 22.8 Å². The second kappa shape index (κ2) is 5.67. The van der Waals surface area contributed by atoms with E-state index in [1.165, 1.54) is 0 Å². The molecule has 0 atom stereocenters. The number of benzene rings is 1. The van der Waals surface area contributed by atoms with Gasteiger partial charge in [-0.3, -0.25) is 0 Å². The van der Waals surface area contributed by atoms with E-state index in [4.69, 9.17) is 21.4 Å². The van der Waals surface area contributed by atoms with Crippen molar-refractivity contribution >= 4 is 11.6 Å². The van der Waals surface area contributed by atoms with Gasteiger partial charge in [-0.15, -0.1) is 0 Å². The third-order valence-corrected chi connectivity index (χ3v) is 2.83. The molecule has 0 aliphatic heterocycles. The first kappa shape index (κ1) is 12.6. The molecule has 92 valence electrons. The van der Waals surface area contributed by atoms with Gasteiger partial charge in [-0.05, 0) is 24.6 Å². The second-order valence-corrected chi connectivity index (χ2v) is 4.36. The summed E-state index contributed by atoms with van der Waals surface area (Å²) in [5, 5.41) is 16.4. The number of hydrogen-bond acceptors (Lipinski definition) is 4. The molecule has 0 aliphatic carbocycles. The van der Waals surface area contributed by atoms with Crippen molar-refractivity contribution in [3.63, 3.8) is 0 Å². The number of hydrogen-bond donors (Lipinski definition) is 1. The molecule has 1 aromatic carbocycles.